The number of fused-ring (bicyclic) bond motifs is 2. The molecule has 0 bridgehead atoms. The van der Waals surface area contributed by atoms with Crippen LogP contribution in [0.4, 0.5) is 10.2 Å². The smallest absolute Gasteiger partial charge is 0.254 e. The molecule has 0 spiro atoms. The number of aryl methyl sites for hydroxylation is 1. The number of likely N-dealkylation sites (tertiary alicyclic amines) is 1. The highest BCUT2D eigenvalue weighted by atomic mass is 19.1. The summed E-state index contributed by atoms with van der Waals surface area (Å²) in [6.45, 7) is 6.26. The van der Waals surface area contributed by atoms with Gasteiger partial charge in [-0.15, -0.1) is 0 Å². The van der Waals surface area contributed by atoms with E-state index in [1.54, 1.807) is 29.0 Å². The van der Waals surface area contributed by atoms with E-state index in [0.29, 0.717) is 48.6 Å². The fourth-order valence-electron chi connectivity index (χ4n) is 4.70. The summed E-state index contributed by atoms with van der Waals surface area (Å²) in [5.74, 6) is 0.00917. The molecular weight excluding hydrogens is 375 g/mol. The predicted molar refractivity (Wildman–Crippen MR) is 104 cm³/mol. The van der Waals surface area contributed by atoms with Gasteiger partial charge in [0, 0.05) is 68.9 Å². The van der Waals surface area contributed by atoms with E-state index in [-0.39, 0.29) is 36.0 Å². The van der Waals surface area contributed by atoms with Gasteiger partial charge >= 0.3 is 0 Å². The summed E-state index contributed by atoms with van der Waals surface area (Å²) >= 11 is 0. The maximum atomic E-state index is 15.3. The molecule has 2 unspecified atom stereocenters. The predicted octanol–water partition coefficient (Wildman–Crippen LogP) is 0.945. The van der Waals surface area contributed by atoms with Crippen LogP contribution in [0, 0.1) is 17.7 Å². The van der Waals surface area contributed by atoms with E-state index in [1.807, 2.05) is 4.90 Å². The van der Waals surface area contributed by atoms with Crippen LogP contribution in [0.2, 0.25) is 0 Å². The zero-order valence-electron chi connectivity index (χ0n) is 16.1. The van der Waals surface area contributed by atoms with E-state index < -0.39 is 5.82 Å². The van der Waals surface area contributed by atoms with Crippen LogP contribution >= 0.6 is 0 Å². The fourth-order valence-corrected chi connectivity index (χ4v) is 4.70. The molecule has 2 amide bonds. The Kier molecular flexibility index (Phi) is 3.94. The third-order valence-electron chi connectivity index (χ3n) is 6.12. The van der Waals surface area contributed by atoms with Crippen LogP contribution in [0.25, 0.3) is 11.3 Å². The molecule has 3 aliphatic rings. The average Bonchev–Trinajstić information content (AvgIpc) is 3.45. The molecular formula is C20H21FN6O2. The number of aromatic nitrogens is 3. The maximum absolute atomic E-state index is 15.3. The molecule has 150 valence electrons. The van der Waals surface area contributed by atoms with Crippen LogP contribution in [0.5, 0.6) is 0 Å². The quantitative estimate of drug-likeness (QED) is 0.781. The summed E-state index contributed by atoms with van der Waals surface area (Å²) in [4.78, 5) is 32.6. The van der Waals surface area contributed by atoms with Gasteiger partial charge in [-0.2, -0.15) is 5.10 Å². The van der Waals surface area contributed by atoms with Gasteiger partial charge in [0.1, 0.15) is 0 Å². The minimum atomic E-state index is -0.440. The molecule has 3 aliphatic heterocycles. The normalized spacial score (nSPS) is 22.6. The van der Waals surface area contributed by atoms with Gasteiger partial charge < -0.3 is 15.1 Å². The lowest BCUT2D eigenvalue weighted by Gasteiger charge is -2.23. The van der Waals surface area contributed by atoms with Crippen LogP contribution in [-0.4, -0.2) is 57.7 Å². The maximum Gasteiger partial charge on any atom is 0.254 e. The van der Waals surface area contributed by atoms with Crippen molar-refractivity contribution in [2.45, 2.75) is 6.54 Å². The number of nitrogens with one attached hydrogen (secondary N) is 1. The largest absolute Gasteiger partial charge is 0.353 e. The Bertz CT molecular complexity index is 1030. The number of halogens is 1. The second kappa shape index (κ2) is 6.40. The number of amides is 2. The highest BCUT2D eigenvalue weighted by Crippen LogP contribution is 2.38. The van der Waals surface area contributed by atoms with Crippen LogP contribution < -0.4 is 10.2 Å². The molecule has 29 heavy (non-hydrogen) atoms. The van der Waals surface area contributed by atoms with Gasteiger partial charge in [0.15, 0.2) is 11.6 Å². The van der Waals surface area contributed by atoms with Crippen molar-refractivity contribution in [1.82, 2.24) is 25.0 Å². The van der Waals surface area contributed by atoms with Crippen LogP contribution in [0.15, 0.2) is 25.0 Å². The Labute approximate surface area is 167 Å². The van der Waals surface area contributed by atoms with Crippen molar-refractivity contribution in [2.75, 3.05) is 31.1 Å². The fraction of sp³-hybridized carbons (Fsp3) is 0.400. The molecule has 0 aliphatic carbocycles. The third kappa shape index (κ3) is 2.72. The van der Waals surface area contributed by atoms with Gasteiger partial charge in [-0.3, -0.25) is 14.3 Å². The standard InChI is InChI=1S/C20H21FN6O2/c1-3-15(28)26-7-12-9-27(10-13(12)8-26)19-17(21)14-5-22-20(29)16(14)18(24-19)11-4-23-25(2)6-11/h3-4,6,12-13H,1,5,7-10H2,2H3,(H,22,29). The number of hydrogen-bond acceptors (Lipinski definition) is 5. The molecule has 2 aromatic rings. The van der Waals surface area contributed by atoms with E-state index in [9.17, 15) is 9.59 Å². The van der Waals surface area contributed by atoms with Gasteiger partial charge in [0.2, 0.25) is 5.91 Å². The Hall–Kier alpha value is -3.23. The summed E-state index contributed by atoms with van der Waals surface area (Å²) in [5.41, 5.74) is 1.80. The third-order valence-corrected chi connectivity index (χ3v) is 6.12. The lowest BCUT2D eigenvalue weighted by atomic mass is 10.0. The van der Waals surface area contributed by atoms with E-state index >= 15 is 4.39 Å². The molecule has 5 rings (SSSR count). The number of carbonyl (C=O) groups is 2. The van der Waals surface area contributed by atoms with Crippen molar-refractivity contribution in [2.24, 2.45) is 18.9 Å². The molecule has 1 N–H and O–H groups in total. The minimum absolute atomic E-state index is 0.0590. The highest BCUT2D eigenvalue weighted by molar-refractivity contribution is 6.04. The van der Waals surface area contributed by atoms with E-state index in [4.69, 9.17) is 0 Å². The molecule has 5 heterocycles. The lowest BCUT2D eigenvalue weighted by Crippen LogP contribution is -2.33. The summed E-state index contributed by atoms with van der Waals surface area (Å²) in [5, 5.41) is 6.87. The van der Waals surface area contributed by atoms with Gasteiger partial charge in [-0.25, -0.2) is 9.37 Å². The number of anilines is 1. The summed E-state index contributed by atoms with van der Waals surface area (Å²) in [7, 11) is 1.78. The highest BCUT2D eigenvalue weighted by Gasteiger charge is 2.43. The van der Waals surface area contributed by atoms with Gasteiger partial charge in [-0.05, 0) is 6.08 Å². The van der Waals surface area contributed by atoms with Gasteiger partial charge in [-0.1, -0.05) is 6.58 Å². The van der Waals surface area contributed by atoms with E-state index in [2.05, 4.69) is 22.0 Å². The Morgan fingerprint density at radius 1 is 1.31 bits per heavy atom. The summed E-state index contributed by atoms with van der Waals surface area (Å²) in [6.07, 6.45) is 4.74. The molecule has 0 saturated carbocycles. The first-order valence-electron chi connectivity index (χ1n) is 9.62. The second-order valence-electron chi connectivity index (χ2n) is 7.91. The molecule has 0 radical (unpaired) electrons. The topological polar surface area (TPSA) is 83.4 Å². The van der Waals surface area contributed by atoms with Gasteiger partial charge in [0.05, 0.1) is 17.5 Å². The molecule has 2 atom stereocenters. The van der Waals surface area contributed by atoms with Crippen molar-refractivity contribution in [3.8, 4) is 11.3 Å². The first kappa shape index (κ1) is 17.8. The Morgan fingerprint density at radius 3 is 2.66 bits per heavy atom. The Morgan fingerprint density at radius 2 is 2.03 bits per heavy atom. The second-order valence-corrected chi connectivity index (χ2v) is 7.91. The minimum Gasteiger partial charge on any atom is -0.353 e. The number of hydrogen-bond donors (Lipinski definition) is 1. The average molecular weight is 396 g/mol. The Balaban J connectivity index is 1.50. The lowest BCUT2D eigenvalue weighted by molar-refractivity contribution is -0.125. The SMILES string of the molecule is C=CC(=O)N1CC2CN(c3nc(-c4cnn(C)c4)c4c(c3F)CNC4=O)CC2C1. The van der Waals surface area contributed by atoms with Crippen LogP contribution in [0.1, 0.15) is 15.9 Å². The summed E-state index contributed by atoms with van der Waals surface area (Å²) in [6, 6.07) is 0. The summed E-state index contributed by atoms with van der Waals surface area (Å²) < 4.78 is 17.0. The molecule has 8 nitrogen and oxygen atoms in total. The van der Waals surface area contributed by atoms with Crippen molar-refractivity contribution in [1.29, 1.82) is 0 Å². The van der Waals surface area contributed by atoms with E-state index in [1.165, 1.54) is 6.08 Å². The zero-order valence-corrected chi connectivity index (χ0v) is 16.1. The molecule has 9 heteroatoms. The van der Waals surface area contributed by atoms with Crippen molar-refractivity contribution >= 4 is 17.6 Å². The monoisotopic (exact) mass is 396 g/mol. The molecule has 2 saturated heterocycles. The zero-order chi connectivity index (χ0) is 20.3. The van der Waals surface area contributed by atoms with Crippen molar-refractivity contribution in [3.05, 3.63) is 42.0 Å². The number of nitrogens with zero attached hydrogens (tertiary/aromatic N) is 5. The molecule has 2 fully saturated rings. The molecule has 0 aromatic carbocycles. The number of carbonyl (C=O) groups excluding carboxylic acids is 2. The number of rotatable bonds is 3. The number of pyridine rings is 1. The van der Waals surface area contributed by atoms with Crippen molar-refractivity contribution < 1.29 is 14.0 Å². The first-order chi connectivity index (χ1) is 14.0. The first-order valence-corrected chi connectivity index (χ1v) is 9.62. The van der Waals surface area contributed by atoms with Gasteiger partial charge in [0.25, 0.3) is 5.91 Å². The van der Waals surface area contributed by atoms with Crippen molar-refractivity contribution in [3.63, 3.8) is 0 Å². The van der Waals surface area contributed by atoms with Crippen LogP contribution in [-0.2, 0) is 18.4 Å². The van der Waals surface area contributed by atoms with E-state index in [0.717, 1.165) is 0 Å². The molecule has 2 aromatic heterocycles. The van der Waals surface area contributed by atoms with Crippen LogP contribution in [0.3, 0.4) is 0 Å².